The minimum atomic E-state index is -3.95. The van der Waals surface area contributed by atoms with Gasteiger partial charge in [0.05, 0.1) is 24.0 Å². The number of nitro benzene ring substituents is 1. The summed E-state index contributed by atoms with van der Waals surface area (Å²) in [6, 6.07) is 14.4. The molecule has 0 fully saturated rings. The van der Waals surface area contributed by atoms with Gasteiger partial charge in [-0.25, -0.2) is 8.42 Å². The number of nitro groups is 1. The number of hydrogen-bond acceptors (Lipinski definition) is 7. The molecular weight excluding hydrogens is 450 g/mol. The Labute approximate surface area is 190 Å². The number of anilines is 2. The van der Waals surface area contributed by atoms with Crippen molar-refractivity contribution in [2.45, 2.75) is 11.8 Å². The third-order valence-corrected chi connectivity index (χ3v) is 6.13. The molecule has 11 heteroatoms. The van der Waals surface area contributed by atoms with Gasteiger partial charge in [0.2, 0.25) is 0 Å². The Balaban J connectivity index is 1.86. The number of ether oxygens (including phenoxy) is 2. The van der Waals surface area contributed by atoms with E-state index in [1.165, 1.54) is 38.5 Å². The van der Waals surface area contributed by atoms with Gasteiger partial charge >= 0.3 is 5.69 Å². The van der Waals surface area contributed by atoms with Crippen LogP contribution >= 0.6 is 0 Å². The summed E-state index contributed by atoms with van der Waals surface area (Å²) in [6.07, 6.45) is 0. The van der Waals surface area contributed by atoms with E-state index in [0.717, 1.165) is 6.07 Å². The van der Waals surface area contributed by atoms with Crippen LogP contribution in [0.3, 0.4) is 0 Å². The molecule has 0 aliphatic rings. The van der Waals surface area contributed by atoms with Gasteiger partial charge in [-0.3, -0.25) is 19.6 Å². The van der Waals surface area contributed by atoms with Crippen LogP contribution in [0.4, 0.5) is 17.1 Å². The van der Waals surface area contributed by atoms with Crippen molar-refractivity contribution in [3.63, 3.8) is 0 Å². The highest BCUT2D eigenvalue weighted by Crippen LogP contribution is 2.29. The summed E-state index contributed by atoms with van der Waals surface area (Å²) in [6.45, 7) is 1.69. The fraction of sp³-hybridized carbons (Fsp3) is 0.136. The summed E-state index contributed by atoms with van der Waals surface area (Å²) in [5.41, 5.74) is 0.853. The number of carbonyl (C=O) groups is 1. The molecule has 0 bridgehead atoms. The molecule has 0 spiro atoms. The molecule has 0 heterocycles. The summed E-state index contributed by atoms with van der Waals surface area (Å²) >= 11 is 0. The van der Waals surface area contributed by atoms with E-state index < -0.39 is 20.9 Å². The van der Waals surface area contributed by atoms with E-state index >= 15 is 0 Å². The van der Waals surface area contributed by atoms with E-state index in [9.17, 15) is 23.3 Å². The van der Waals surface area contributed by atoms with E-state index in [0.29, 0.717) is 17.0 Å². The Morgan fingerprint density at radius 3 is 2.27 bits per heavy atom. The SMILES string of the molecule is COc1ccc(NS(=O)(=O)c2ccc(C)c(NC(=O)c3ccc(OC)c([N+](=O)[O-])c3)c2)cc1. The lowest BCUT2D eigenvalue weighted by molar-refractivity contribution is -0.385. The van der Waals surface area contributed by atoms with Crippen LogP contribution in [0.15, 0.2) is 65.6 Å². The van der Waals surface area contributed by atoms with Crippen molar-refractivity contribution in [2.24, 2.45) is 0 Å². The molecule has 1 amide bonds. The monoisotopic (exact) mass is 471 g/mol. The largest absolute Gasteiger partial charge is 0.497 e. The van der Waals surface area contributed by atoms with Crippen molar-refractivity contribution in [2.75, 3.05) is 24.3 Å². The van der Waals surface area contributed by atoms with E-state index in [1.807, 2.05) is 0 Å². The summed E-state index contributed by atoms with van der Waals surface area (Å²) in [5.74, 6) is -0.0380. The van der Waals surface area contributed by atoms with E-state index in [-0.39, 0.29) is 27.6 Å². The van der Waals surface area contributed by atoms with Crippen molar-refractivity contribution in [3.05, 3.63) is 81.9 Å². The minimum absolute atomic E-state index is 0.0189. The number of aryl methyl sites for hydroxylation is 1. The van der Waals surface area contributed by atoms with Crippen LogP contribution in [0.5, 0.6) is 11.5 Å². The van der Waals surface area contributed by atoms with Crippen molar-refractivity contribution in [3.8, 4) is 11.5 Å². The van der Waals surface area contributed by atoms with Crippen LogP contribution in [0.1, 0.15) is 15.9 Å². The molecule has 10 nitrogen and oxygen atoms in total. The van der Waals surface area contributed by atoms with Gasteiger partial charge in [0.25, 0.3) is 15.9 Å². The Bertz CT molecular complexity index is 1310. The van der Waals surface area contributed by atoms with Crippen LogP contribution < -0.4 is 19.5 Å². The molecule has 33 heavy (non-hydrogen) atoms. The van der Waals surface area contributed by atoms with Gasteiger partial charge in [-0.15, -0.1) is 0 Å². The van der Waals surface area contributed by atoms with Gasteiger partial charge in [-0.2, -0.15) is 0 Å². The fourth-order valence-corrected chi connectivity index (χ4v) is 4.03. The highest BCUT2D eigenvalue weighted by Gasteiger charge is 2.20. The van der Waals surface area contributed by atoms with Gasteiger partial charge in [-0.1, -0.05) is 6.07 Å². The third kappa shape index (κ3) is 5.39. The molecule has 3 rings (SSSR count). The zero-order valence-electron chi connectivity index (χ0n) is 18.0. The second-order valence-corrected chi connectivity index (χ2v) is 8.59. The lowest BCUT2D eigenvalue weighted by Crippen LogP contribution is -2.16. The molecule has 3 aromatic carbocycles. The van der Waals surface area contributed by atoms with E-state index in [4.69, 9.17) is 9.47 Å². The Morgan fingerprint density at radius 2 is 1.67 bits per heavy atom. The smallest absolute Gasteiger partial charge is 0.311 e. The van der Waals surface area contributed by atoms with Gasteiger partial charge in [0.1, 0.15) is 5.75 Å². The number of sulfonamides is 1. The molecule has 0 unspecified atom stereocenters. The third-order valence-electron chi connectivity index (χ3n) is 4.75. The first kappa shape index (κ1) is 23.5. The van der Waals surface area contributed by atoms with Crippen molar-refractivity contribution >= 4 is 33.0 Å². The van der Waals surface area contributed by atoms with E-state index in [2.05, 4.69) is 10.0 Å². The summed E-state index contributed by atoms with van der Waals surface area (Å²) in [5, 5.41) is 13.8. The maximum atomic E-state index is 12.8. The van der Waals surface area contributed by atoms with Crippen LogP contribution in [0, 0.1) is 17.0 Å². The quantitative estimate of drug-likeness (QED) is 0.374. The van der Waals surface area contributed by atoms with Crippen LogP contribution in [0.25, 0.3) is 0 Å². The van der Waals surface area contributed by atoms with Gasteiger partial charge in [0, 0.05) is 23.0 Å². The molecule has 0 radical (unpaired) electrons. The molecule has 172 valence electrons. The molecule has 0 saturated carbocycles. The van der Waals surface area contributed by atoms with Crippen molar-refractivity contribution < 1.29 is 27.6 Å². The second-order valence-electron chi connectivity index (χ2n) is 6.91. The molecule has 2 N–H and O–H groups in total. The first-order chi connectivity index (χ1) is 15.6. The number of nitrogens with zero attached hydrogens (tertiary/aromatic N) is 1. The Hall–Kier alpha value is -4.12. The number of benzene rings is 3. The topological polar surface area (TPSA) is 137 Å². The first-order valence-corrected chi connectivity index (χ1v) is 11.0. The average molecular weight is 471 g/mol. The predicted octanol–water partition coefficient (Wildman–Crippen LogP) is 3.97. The standard InChI is InChI=1S/C22H21N3O7S/c1-14-4-10-18(33(29,30)24-16-6-8-17(31-2)9-7-16)13-19(14)23-22(26)15-5-11-21(32-3)20(12-15)25(27)28/h4-13,24H,1-3H3,(H,23,26). The van der Waals surface area contributed by atoms with Gasteiger partial charge < -0.3 is 14.8 Å². The lowest BCUT2D eigenvalue weighted by Gasteiger charge is -2.13. The molecule has 0 aromatic heterocycles. The van der Waals surface area contributed by atoms with Gasteiger partial charge in [-0.05, 0) is 61.0 Å². The molecule has 0 atom stereocenters. The number of rotatable bonds is 8. The lowest BCUT2D eigenvalue weighted by atomic mass is 10.1. The highest BCUT2D eigenvalue weighted by atomic mass is 32.2. The molecule has 0 aliphatic carbocycles. The second kappa shape index (κ2) is 9.57. The highest BCUT2D eigenvalue weighted by molar-refractivity contribution is 7.92. The average Bonchev–Trinajstić information content (AvgIpc) is 2.80. The molecule has 0 saturated heterocycles. The maximum absolute atomic E-state index is 12.8. The zero-order valence-corrected chi connectivity index (χ0v) is 18.8. The Morgan fingerprint density at radius 1 is 0.970 bits per heavy atom. The Kier molecular flexibility index (Phi) is 6.83. The van der Waals surface area contributed by atoms with Crippen molar-refractivity contribution in [1.29, 1.82) is 0 Å². The zero-order chi connectivity index (χ0) is 24.2. The predicted molar refractivity (Wildman–Crippen MR) is 123 cm³/mol. The van der Waals surface area contributed by atoms with Crippen LogP contribution in [0.2, 0.25) is 0 Å². The number of carbonyl (C=O) groups excluding carboxylic acids is 1. The molecular formula is C22H21N3O7S. The van der Waals surface area contributed by atoms with Crippen LogP contribution in [-0.2, 0) is 10.0 Å². The molecule has 0 aliphatic heterocycles. The molecule has 3 aromatic rings. The number of amides is 1. The first-order valence-electron chi connectivity index (χ1n) is 9.56. The summed E-state index contributed by atoms with van der Waals surface area (Å²) in [7, 11) is -1.15. The summed E-state index contributed by atoms with van der Waals surface area (Å²) in [4.78, 5) is 23.2. The summed E-state index contributed by atoms with van der Waals surface area (Å²) < 4.78 is 38.1. The fourth-order valence-electron chi connectivity index (χ4n) is 2.94. The maximum Gasteiger partial charge on any atom is 0.311 e. The minimum Gasteiger partial charge on any atom is -0.497 e. The van der Waals surface area contributed by atoms with Crippen molar-refractivity contribution in [1.82, 2.24) is 0 Å². The number of nitrogens with one attached hydrogen (secondary N) is 2. The van der Waals surface area contributed by atoms with Crippen LogP contribution in [-0.4, -0.2) is 33.5 Å². The number of methoxy groups -OCH3 is 2. The van der Waals surface area contributed by atoms with E-state index in [1.54, 1.807) is 37.3 Å². The van der Waals surface area contributed by atoms with Gasteiger partial charge in [0.15, 0.2) is 5.75 Å². The normalized spacial score (nSPS) is 10.9. The number of hydrogen-bond donors (Lipinski definition) is 2.